The average Bonchev–Trinajstić information content (AvgIpc) is 2.11. The maximum absolute atomic E-state index is 10.9. The fourth-order valence-electron chi connectivity index (χ4n) is 0.740. The number of hydrogen-bond donors (Lipinski definition) is 2. The van der Waals surface area contributed by atoms with Crippen molar-refractivity contribution in [2.45, 2.75) is 19.9 Å². The van der Waals surface area contributed by atoms with Crippen LogP contribution < -0.4 is 5.32 Å². The molecule has 6 heteroatoms. The van der Waals surface area contributed by atoms with Gasteiger partial charge in [-0.05, 0) is 5.92 Å². The summed E-state index contributed by atoms with van der Waals surface area (Å²) >= 11 is 0. The molecule has 0 spiro atoms. The Morgan fingerprint density at radius 1 is 1.38 bits per heavy atom. The van der Waals surface area contributed by atoms with Crippen molar-refractivity contribution >= 4 is 12.1 Å². The van der Waals surface area contributed by atoms with E-state index in [9.17, 15) is 9.59 Å². The minimum Gasteiger partial charge on any atom is -0.453 e. The summed E-state index contributed by atoms with van der Waals surface area (Å²) in [5.74, 6) is -1.11. The minimum atomic E-state index is -0.916. The molecule has 76 valence electrons. The van der Waals surface area contributed by atoms with Gasteiger partial charge in [0, 0.05) is 0 Å². The van der Waals surface area contributed by atoms with E-state index in [1.54, 1.807) is 13.8 Å². The lowest BCUT2D eigenvalue weighted by atomic mass is 10.1. The molecule has 0 fully saturated rings. The Balaban J connectivity index is 4.26. The number of carbonyl (C=O) groups excluding carboxylic acids is 2. The van der Waals surface area contributed by atoms with E-state index in [4.69, 9.17) is 5.26 Å². The summed E-state index contributed by atoms with van der Waals surface area (Å²) in [5, 5.41) is 10.3. The van der Waals surface area contributed by atoms with Crippen molar-refractivity contribution in [3.05, 3.63) is 0 Å². The first-order valence-electron chi connectivity index (χ1n) is 3.72. The minimum absolute atomic E-state index is 0.196. The molecule has 0 rings (SSSR count). The quantitative estimate of drug-likeness (QED) is 0.497. The van der Waals surface area contributed by atoms with Crippen LogP contribution in [-0.4, -0.2) is 30.5 Å². The molecule has 0 aliphatic carbocycles. The van der Waals surface area contributed by atoms with Crippen molar-refractivity contribution in [2.24, 2.45) is 5.92 Å². The highest BCUT2D eigenvalue weighted by atomic mass is 17.1. The Kier molecular flexibility index (Phi) is 4.83. The Labute approximate surface area is 75.8 Å². The highest BCUT2D eigenvalue weighted by Crippen LogP contribution is 2.03. The van der Waals surface area contributed by atoms with Gasteiger partial charge in [-0.2, -0.15) is 5.26 Å². The number of rotatable bonds is 3. The number of methoxy groups -OCH3 is 1. The largest absolute Gasteiger partial charge is 0.453 e. The normalized spacial score (nSPS) is 12.1. The molecule has 0 aromatic carbocycles. The molecule has 0 saturated heterocycles. The Morgan fingerprint density at radius 2 is 1.92 bits per heavy atom. The second-order valence-electron chi connectivity index (χ2n) is 2.77. The molecule has 0 aliphatic heterocycles. The van der Waals surface area contributed by atoms with E-state index in [-0.39, 0.29) is 5.92 Å². The smallest absolute Gasteiger partial charge is 0.407 e. The van der Waals surface area contributed by atoms with Gasteiger partial charge in [-0.25, -0.2) is 9.59 Å². The standard InChI is InChI=1S/C7H13NO5/c1-4(2)5(6(9)13-11)8-7(10)12-3/h4-5,11H,1-3H3,(H,8,10)/t5-/m0/s1. The van der Waals surface area contributed by atoms with Gasteiger partial charge in [0.1, 0.15) is 6.04 Å². The third kappa shape index (κ3) is 3.75. The van der Waals surface area contributed by atoms with Crippen LogP contribution in [0.4, 0.5) is 4.79 Å². The summed E-state index contributed by atoms with van der Waals surface area (Å²) in [4.78, 5) is 25.1. The second kappa shape index (κ2) is 5.36. The highest BCUT2D eigenvalue weighted by Gasteiger charge is 2.26. The van der Waals surface area contributed by atoms with Crippen LogP contribution in [0.2, 0.25) is 0 Å². The van der Waals surface area contributed by atoms with E-state index >= 15 is 0 Å². The summed E-state index contributed by atoms with van der Waals surface area (Å²) in [7, 11) is 1.18. The molecule has 13 heavy (non-hydrogen) atoms. The summed E-state index contributed by atoms with van der Waals surface area (Å²) < 4.78 is 4.29. The van der Waals surface area contributed by atoms with E-state index in [2.05, 4.69) is 14.9 Å². The number of alkyl carbamates (subject to hydrolysis) is 1. The van der Waals surface area contributed by atoms with E-state index in [0.717, 1.165) is 0 Å². The summed E-state index contributed by atoms with van der Waals surface area (Å²) in [6.45, 7) is 3.38. The Morgan fingerprint density at radius 3 is 2.23 bits per heavy atom. The predicted molar refractivity (Wildman–Crippen MR) is 42.9 cm³/mol. The number of hydrogen-bond acceptors (Lipinski definition) is 5. The first-order valence-corrected chi connectivity index (χ1v) is 3.72. The van der Waals surface area contributed by atoms with Crippen LogP contribution in [0.3, 0.4) is 0 Å². The molecule has 1 atom stereocenters. The number of nitrogens with one attached hydrogen (secondary N) is 1. The first-order chi connectivity index (χ1) is 6.02. The van der Waals surface area contributed by atoms with Gasteiger partial charge in [0.25, 0.3) is 0 Å². The maximum Gasteiger partial charge on any atom is 0.407 e. The molecule has 0 unspecified atom stereocenters. The van der Waals surface area contributed by atoms with Crippen LogP contribution in [0, 0.1) is 5.92 Å². The first kappa shape index (κ1) is 11.7. The van der Waals surface area contributed by atoms with Crippen molar-refractivity contribution in [2.75, 3.05) is 7.11 Å². The maximum atomic E-state index is 10.9. The van der Waals surface area contributed by atoms with Crippen LogP contribution in [0.15, 0.2) is 0 Å². The van der Waals surface area contributed by atoms with Crippen LogP contribution in [-0.2, 0) is 14.4 Å². The van der Waals surface area contributed by atoms with Crippen LogP contribution in [0.1, 0.15) is 13.8 Å². The van der Waals surface area contributed by atoms with Gasteiger partial charge < -0.3 is 10.1 Å². The molecule has 6 nitrogen and oxygen atoms in total. The van der Waals surface area contributed by atoms with E-state index in [1.807, 2.05) is 0 Å². The van der Waals surface area contributed by atoms with Crippen LogP contribution in [0.25, 0.3) is 0 Å². The number of ether oxygens (including phenoxy) is 1. The topological polar surface area (TPSA) is 84.9 Å². The Hall–Kier alpha value is -1.30. The molecule has 0 aliphatic rings. The lowest BCUT2D eigenvalue weighted by molar-refractivity contribution is -0.237. The lowest BCUT2D eigenvalue weighted by Crippen LogP contribution is -2.44. The molecule has 0 aromatic rings. The van der Waals surface area contributed by atoms with Gasteiger partial charge in [-0.3, -0.25) is 4.89 Å². The van der Waals surface area contributed by atoms with Crippen molar-refractivity contribution in [1.82, 2.24) is 5.32 Å². The van der Waals surface area contributed by atoms with Crippen molar-refractivity contribution in [3.8, 4) is 0 Å². The molecule has 0 radical (unpaired) electrons. The van der Waals surface area contributed by atoms with Gasteiger partial charge in [0.2, 0.25) is 0 Å². The molecule has 0 aromatic heterocycles. The second-order valence-corrected chi connectivity index (χ2v) is 2.77. The van der Waals surface area contributed by atoms with Crippen LogP contribution in [0.5, 0.6) is 0 Å². The summed E-state index contributed by atoms with van der Waals surface area (Å²) in [6.07, 6.45) is -0.746. The zero-order valence-corrected chi connectivity index (χ0v) is 7.73. The lowest BCUT2D eigenvalue weighted by Gasteiger charge is -2.17. The van der Waals surface area contributed by atoms with Crippen LogP contribution >= 0.6 is 0 Å². The molecule has 0 bridgehead atoms. The van der Waals surface area contributed by atoms with E-state index in [0.29, 0.717) is 0 Å². The van der Waals surface area contributed by atoms with Gasteiger partial charge in [-0.15, -0.1) is 0 Å². The number of amides is 1. The average molecular weight is 191 g/mol. The molecule has 2 N–H and O–H groups in total. The molecule has 1 amide bonds. The molecule has 0 saturated carbocycles. The summed E-state index contributed by atoms with van der Waals surface area (Å²) in [6, 6.07) is -0.905. The monoisotopic (exact) mass is 191 g/mol. The highest BCUT2D eigenvalue weighted by molar-refractivity contribution is 5.81. The summed E-state index contributed by atoms with van der Waals surface area (Å²) in [5.41, 5.74) is 0. The van der Waals surface area contributed by atoms with Crippen molar-refractivity contribution < 1.29 is 24.5 Å². The van der Waals surface area contributed by atoms with E-state index in [1.165, 1.54) is 7.11 Å². The third-order valence-corrected chi connectivity index (χ3v) is 1.47. The SMILES string of the molecule is COC(=O)N[C@H](C(=O)OO)C(C)C. The predicted octanol–water partition coefficient (Wildman–Crippen LogP) is 0.383. The number of carbonyl (C=O) groups is 2. The van der Waals surface area contributed by atoms with Gasteiger partial charge in [-0.1, -0.05) is 13.8 Å². The molecular formula is C7H13NO5. The fraction of sp³-hybridized carbons (Fsp3) is 0.714. The van der Waals surface area contributed by atoms with Gasteiger partial charge >= 0.3 is 12.1 Å². The van der Waals surface area contributed by atoms with Gasteiger partial charge in [0.05, 0.1) is 7.11 Å². The van der Waals surface area contributed by atoms with Crippen molar-refractivity contribution in [1.29, 1.82) is 0 Å². The third-order valence-electron chi connectivity index (χ3n) is 1.47. The zero-order chi connectivity index (χ0) is 10.4. The van der Waals surface area contributed by atoms with Gasteiger partial charge in [0.15, 0.2) is 0 Å². The molecule has 0 heterocycles. The van der Waals surface area contributed by atoms with Crippen molar-refractivity contribution in [3.63, 3.8) is 0 Å². The molecular weight excluding hydrogens is 178 g/mol. The zero-order valence-electron chi connectivity index (χ0n) is 7.73. The Bertz CT molecular complexity index is 191. The fourth-order valence-corrected chi connectivity index (χ4v) is 0.740. The van der Waals surface area contributed by atoms with E-state index < -0.39 is 18.1 Å².